The monoisotopic (exact) mass is 456 g/mol. The standard InChI is InChI=1S/C22H24N4O5S/c27-20(25-11-9-24(10-12-25)16-7-13-32(29,30)15-16)14-26-18-5-3-8-23-21(18)31-19-6-2-1-4-17(19)22(26)28/h1-6,8,16H,7,9-15H2/t16-/m0/s1. The summed E-state index contributed by atoms with van der Waals surface area (Å²) in [6.45, 7) is 2.15. The second-order valence-electron chi connectivity index (χ2n) is 8.29. The number of piperazine rings is 1. The third kappa shape index (κ3) is 3.95. The van der Waals surface area contributed by atoms with Gasteiger partial charge in [-0.2, -0.15) is 0 Å². The number of benzene rings is 1. The van der Waals surface area contributed by atoms with Gasteiger partial charge in [-0.1, -0.05) is 12.1 Å². The summed E-state index contributed by atoms with van der Waals surface area (Å²) in [5.74, 6) is 0.664. The predicted molar refractivity (Wildman–Crippen MR) is 118 cm³/mol. The lowest BCUT2D eigenvalue weighted by molar-refractivity contribution is -0.131. The van der Waals surface area contributed by atoms with E-state index < -0.39 is 9.84 Å². The first-order chi connectivity index (χ1) is 15.4. The number of carbonyl (C=O) groups is 2. The number of ether oxygens (including phenoxy) is 1. The molecule has 0 bridgehead atoms. The van der Waals surface area contributed by atoms with Crippen LogP contribution in [-0.4, -0.2) is 85.3 Å². The van der Waals surface area contributed by atoms with E-state index in [1.807, 2.05) is 0 Å². The van der Waals surface area contributed by atoms with Gasteiger partial charge >= 0.3 is 0 Å². The zero-order valence-corrected chi connectivity index (χ0v) is 18.3. The number of aromatic nitrogens is 1. The van der Waals surface area contributed by atoms with Crippen LogP contribution in [0.25, 0.3) is 0 Å². The van der Waals surface area contributed by atoms with Crippen molar-refractivity contribution >= 4 is 27.3 Å². The highest BCUT2D eigenvalue weighted by Gasteiger charge is 2.36. The van der Waals surface area contributed by atoms with Crippen LogP contribution >= 0.6 is 0 Å². The zero-order valence-electron chi connectivity index (χ0n) is 17.5. The summed E-state index contributed by atoms with van der Waals surface area (Å²) in [4.78, 5) is 36.0. The van der Waals surface area contributed by atoms with Gasteiger partial charge < -0.3 is 9.64 Å². The molecule has 3 aliphatic rings. The Morgan fingerprint density at radius 3 is 2.62 bits per heavy atom. The molecular formula is C22H24N4O5S. The number of hydrogen-bond donors (Lipinski definition) is 0. The van der Waals surface area contributed by atoms with E-state index in [0.29, 0.717) is 49.6 Å². The van der Waals surface area contributed by atoms with Crippen LogP contribution in [0.5, 0.6) is 11.6 Å². The molecule has 2 saturated heterocycles. The Morgan fingerprint density at radius 1 is 1.09 bits per heavy atom. The van der Waals surface area contributed by atoms with Gasteiger partial charge in [-0.05, 0) is 30.7 Å². The average Bonchev–Trinajstić information content (AvgIpc) is 3.12. The Bertz CT molecular complexity index is 1160. The maximum Gasteiger partial charge on any atom is 0.262 e. The van der Waals surface area contributed by atoms with Crippen LogP contribution in [0, 0.1) is 0 Å². The first-order valence-corrected chi connectivity index (χ1v) is 12.5. The van der Waals surface area contributed by atoms with Gasteiger partial charge in [0.1, 0.15) is 18.0 Å². The second kappa shape index (κ2) is 8.18. The number of hydrogen-bond acceptors (Lipinski definition) is 7. The SMILES string of the molecule is O=C(CN1C(=O)c2ccccc2Oc2ncccc21)N1CCN([C@H]2CCS(=O)(=O)C2)CC1. The minimum atomic E-state index is -2.94. The molecule has 1 aromatic heterocycles. The average molecular weight is 457 g/mol. The van der Waals surface area contributed by atoms with Gasteiger partial charge in [0.25, 0.3) is 5.91 Å². The molecule has 1 aromatic carbocycles. The first kappa shape index (κ1) is 20.9. The van der Waals surface area contributed by atoms with E-state index >= 15 is 0 Å². The molecule has 0 spiro atoms. The molecule has 0 saturated carbocycles. The molecule has 1 atom stereocenters. The number of amides is 2. The van der Waals surface area contributed by atoms with Crippen molar-refractivity contribution in [3.63, 3.8) is 0 Å². The van der Waals surface area contributed by atoms with Crippen LogP contribution in [-0.2, 0) is 14.6 Å². The lowest BCUT2D eigenvalue weighted by atomic mass is 10.1. The van der Waals surface area contributed by atoms with E-state index in [0.717, 1.165) is 0 Å². The van der Waals surface area contributed by atoms with Crippen molar-refractivity contribution in [2.75, 3.05) is 49.1 Å². The maximum atomic E-state index is 13.3. The van der Waals surface area contributed by atoms with Crippen LogP contribution in [0.3, 0.4) is 0 Å². The van der Waals surface area contributed by atoms with Crippen molar-refractivity contribution < 1.29 is 22.7 Å². The summed E-state index contributed by atoms with van der Waals surface area (Å²) in [6.07, 6.45) is 2.24. The minimum Gasteiger partial charge on any atom is -0.436 e. The molecule has 5 rings (SSSR count). The summed E-state index contributed by atoms with van der Waals surface area (Å²) in [6, 6.07) is 10.4. The first-order valence-electron chi connectivity index (χ1n) is 10.7. The van der Waals surface area contributed by atoms with Gasteiger partial charge in [0.2, 0.25) is 11.8 Å². The zero-order chi connectivity index (χ0) is 22.3. The molecule has 4 heterocycles. The van der Waals surface area contributed by atoms with Crippen molar-refractivity contribution in [1.82, 2.24) is 14.8 Å². The van der Waals surface area contributed by atoms with Crippen LogP contribution < -0.4 is 9.64 Å². The highest BCUT2D eigenvalue weighted by atomic mass is 32.2. The van der Waals surface area contributed by atoms with Gasteiger partial charge in [-0.25, -0.2) is 13.4 Å². The number of rotatable bonds is 3. The Labute approximate surface area is 186 Å². The van der Waals surface area contributed by atoms with Gasteiger partial charge in [0, 0.05) is 38.4 Å². The molecule has 0 N–H and O–H groups in total. The van der Waals surface area contributed by atoms with E-state index in [2.05, 4.69) is 9.88 Å². The topological polar surface area (TPSA) is 100 Å². The molecular weight excluding hydrogens is 432 g/mol. The minimum absolute atomic E-state index is 0.0380. The molecule has 0 unspecified atom stereocenters. The number of carbonyl (C=O) groups excluding carboxylic acids is 2. The maximum absolute atomic E-state index is 13.3. The largest absolute Gasteiger partial charge is 0.436 e. The van der Waals surface area contributed by atoms with E-state index in [4.69, 9.17) is 4.74 Å². The fraction of sp³-hybridized carbons (Fsp3) is 0.409. The quantitative estimate of drug-likeness (QED) is 0.683. The van der Waals surface area contributed by atoms with E-state index in [9.17, 15) is 18.0 Å². The van der Waals surface area contributed by atoms with Gasteiger partial charge in [0.05, 0.1) is 17.1 Å². The Kier molecular flexibility index (Phi) is 5.34. The molecule has 0 aliphatic carbocycles. The Balaban J connectivity index is 1.30. The van der Waals surface area contributed by atoms with Crippen LogP contribution in [0.4, 0.5) is 5.69 Å². The van der Waals surface area contributed by atoms with Gasteiger partial charge in [-0.3, -0.25) is 19.4 Å². The number of fused-ring (bicyclic) bond motifs is 2. The molecule has 2 fully saturated rings. The van der Waals surface area contributed by atoms with Crippen molar-refractivity contribution in [3.05, 3.63) is 48.2 Å². The molecule has 2 amide bonds. The Hall–Kier alpha value is -2.98. The summed E-state index contributed by atoms with van der Waals surface area (Å²) in [7, 11) is -2.94. The number of nitrogens with zero attached hydrogens (tertiary/aromatic N) is 4. The second-order valence-corrected chi connectivity index (χ2v) is 10.5. The Morgan fingerprint density at radius 2 is 1.88 bits per heavy atom. The lowest BCUT2D eigenvalue weighted by Crippen LogP contribution is -2.54. The summed E-state index contributed by atoms with van der Waals surface area (Å²) in [5, 5.41) is 0. The third-order valence-corrected chi connectivity index (χ3v) is 8.05. The highest BCUT2D eigenvalue weighted by molar-refractivity contribution is 7.91. The lowest BCUT2D eigenvalue weighted by Gasteiger charge is -2.38. The molecule has 10 heteroatoms. The molecule has 32 heavy (non-hydrogen) atoms. The molecule has 9 nitrogen and oxygen atoms in total. The number of pyridine rings is 1. The summed E-state index contributed by atoms with van der Waals surface area (Å²) >= 11 is 0. The van der Waals surface area contributed by atoms with E-state index in [1.165, 1.54) is 4.90 Å². The third-order valence-electron chi connectivity index (χ3n) is 6.30. The highest BCUT2D eigenvalue weighted by Crippen LogP contribution is 2.37. The smallest absolute Gasteiger partial charge is 0.262 e. The van der Waals surface area contributed by atoms with Gasteiger partial charge in [0.15, 0.2) is 9.84 Å². The fourth-order valence-electron chi connectivity index (χ4n) is 4.55. The normalized spacial score (nSPS) is 22.6. The van der Waals surface area contributed by atoms with Crippen molar-refractivity contribution in [2.45, 2.75) is 12.5 Å². The van der Waals surface area contributed by atoms with Crippen LogP contribution in [0.1, 0.15) is 16.8 Å². The number of sulfone groups is 1. The van der Waals surface area contributed by atoms with E-state index in [-0.39, 0.29) is 41.8 Å². The molecule has 0 radical (unpaired) electrons. The van der Waals surface area contributed by atoms with Crippen LogP contribution in [0.15, 0.2) is 42.6 Å². The molecule has 168 valence electrons. The van der Waals surface area contributed by atoms with E-state index in [1.54, 1.807) is 47.5 Å². The predicted octanol–water partition coefficient (Wildman–Crippen LogP) is 1.17. The summed E-state index contributed by atoms with van der Waals surface area (Å²) < 4.78 is 29.4. The molecule has 3 aliphatic heterocycles. The van der Waals surface area contributed by atoms with Crippen molar-refractivity contribution in [1.29, 1.82) is 0 Å². The van der Waals surface area contributed by atoms with Crippen molar-refractivity contribution in [2.24, 2.45) is 0 Å². The fourth-order valence-corrected chi connectivity index (χ4v) is 6.31. The number of anilines is 1. The van der Waals surface area contributed by atoms with Crippen molar-refractivity contribution in [3.8, 4) is 11.6 Å². The van der Waals surface area contributed by atoms with Crippen LogP contribution in [0.2, 0.25) is 0 Å². The number of para-hydroxylation sites is 1. The van der Waals surface area contributed by atoms with Gasteiger partial charge in [-0.15, -0.1) is 0 Å². The summed E-state index contributed by atoms with van der Waals surface area (Å²) in [5.41, 5.74) is 0.836. The molecule has 2 aromatic rings.